The molecule has 0 spiro atoms. The highest BCUT2D eigenvalue weighted by atomic mass is 35.5. The number of nitrogens with zero attached hydrogens (tertiary/aromatic N) is 1. The fourth-order valence-corrected chi connectivity index (χ4v) is 4.88. The molecule has 6 nitrogen and oxygen atoms in total. The van der Waals surface area contributed by atoms with E-state index in [-0.39, 0.29) is 0 Å². The summed E-state index contributed by atoms with van der Waals surface area (Å²) in [5.74, 6) is 1.04. The standard InChI is InChI=1S/C15H18ClN3O3S/c1-23(21,22)18-7-11-9-4-15(20,5-10(9)11)13-2-8(16)3-14-12(13)6-17-19-14/h2-3,6,9-11,18,20H,4-5,7H2,1H3,(H,17,19)/t9-,10+,11-,15+. The molecule has 0 radical (unpaired) electrons. The number of hydrogen-bond donors (Lipinski definition) is 3. The lowest BCUT2D eigenvalue weighted by atomic mass is 9.85. The number of rotatable bonds is 4. The summed E-state index contributed by atoms with van der Waals surface area (Å²) in [6, 6.07) is 3.61. The van der Waals surface area contributed by atoms with Gasteiger partial charge < -0.3 is 5.11 Å². The lowest BCUT2D eigenvalue weighted by Gasteiger charge is -2.27. The Kier molecular flexibility index (Phi) is 3.29. The molecule has 4 atom stereocenters. The molecule has 2 aromatic rings. The lowest BCUT2D eigenvalue weighted by Crippen LogP contribution is -2.29. The van der Waals surface area contributed by atoms with E-state index in [1.807, 2.05) is 6.07 Å². The van der Waals surface area contributed by atoms with E-state index in [0.717, 1.165) is 16.5 Å². The number of aromatic amines is 1. The molecule has 2 aliphatic rings. The fourth-order valence-electron chi connectivity index (χ4n) is 4.16. The third-order valence-corrected chi connectivity index (χ3v) is 6.17. The van der Waals surface area contributed by atoms with E-state index in [1.54, 1.807) is 12.3 Å². The van der Waals surface area contributed by atoms with Gasteiger partial charge in [0.05, 0.1) is 23.6 Å². The molecular formula is C15H18ClN3O3S. The minimum absolute atomic E-state index is 0.323. The van der Waals surface area contributed by atoms with Crippen molar-refractivity contribution in [3.05, 3.63) is 28.9 Å². The number of hydrogen-bond acceptors (Lipinski definition) is 4. The Bertz CT molecular complexity index is 867. The number of fused-ring (bicyclic) bond motifs is 2. The van der Waals surface area contributed by atoms with E-state index >= 15 is 0 Å². The van der Waals surface area contributed by atoms with Crippen LogP contribution in [0.2, 0.25) is 5.02 Å². The van der Waals surface area contributed by atoms with Crippen molar-refractivity contribution in [2.45, 2.75) is 18.4 Å². The molecule has 124 valence electrons. The Balaban J connectivity index is 1.55. The van der Waals surface area contributed by atoms with Gasteiger partial charge in [-0.2, -0.15) is 5.10 Å². The van der Waals surface area contributed by atoms with Gasteiger partial charge in [0.25, 0.3) is 0 Å². The predicted octanol–water partition coefficient (Wildman–Crippen LogP) is 1.61. The Morgan fingerprint density at radius 1 is 1.43 bits per heavy atom. The van der Waals surface area contributed by atoms with E-state index in [2.05, 4.69) is 14.9 Å². The molecule has 0 bridgehead atoms. The van der Waals surface area contributed by atoms with Gasteiger partial charge in [0.2, 0.25) is 10.0 Å². The number of sulfonamides is 1. The zero-order valence-corrected chi connectivity index (χ0v) is 14.2. The van der Waals surface area contributed by atoms with Crippen LogP contribution in [0.25, 0.3) is 10.9 Å². The van der Waals surface area contributed by atoms with E-state index in [4.69, 9.17) is 11.6 Å². The third-order valence-electron chi connectivity index (χ3n) is 5.26. The average Bonchev–Trinajstić information content (AvgIpc) is 2.82. The summed E-state index contributed by atoms with van der Waals surface area (Å²) < 4.78 is 25.0. The summed E-state index contributed by atoms with van der Waals surface area (Å²) in [6.45, 7) is 0.459. The highest BCUT2D eigenvalue weighted by molar-refractivity contribution is 7.88. The van der Waals surface area contributed by atoms with Crippen LogP contribution >= 0.6 is 11.6 Å². The Morgan fingerprint density at radius 2 is 2.13 bits per heavy atom. The van der Waals surface area contributed by atoms with Gasteiger partial charge in [-0.15, -0.1) is 0 Å². The second kappa shape index (κ2) is 4.92. The highest BCUT2D eigenvalue weighted by Crippen LogP contribution is 2.63. The maximum Gasteiger partial charge on any atom is 0.208 e. The molecule has 1 heterocycles. The topological polar surface area (TPSA) is 95.1 Å². The van der Waals surface area contributed by atoms with Gasteiger partial charge in [0.1, 0.15) is 0 Å². The number of aliphatic hydroxyl groups is 1. The Hall–Kier alpha value is -1.15. The van der Waals surface area contributed by atoms with Gasteiger partial charge in [0.15, 0.2) is 0 Å². The Labute approximate surface area is 139 Å². The van der Waals surface area contributed by atoms with Gasteiger partial charge >= 0.3 is 0 Å². The molecule has 0 aliphatic heterocycles. The summed E-state index contributed by atoms with van der Waals surface area (Å²) in [5.41, 5.74) is 0.719. The first-order valence-corrected chi connectivity index (χ1v) is 9.84. The molecule has 8 heteroatoms. The third kappa shape index (κ3) is 2.65. The van der Waals surface area contributed by atoms with Crippen LogP contribution in [0.1, 0.15) is 18.4 Å². The van der Waals surface area contributed by atoms with E-state index in [0.29, 0.717) is 42.2 Å². The van der Waals surface area contributed by atoms with Crippen LogP contribution in [-0.2, 0) is 15.6 Å². The predicted molar refractivity (Wildman–Crippen MR) is 87.6 cm³/mol. The molecule has 2 saturated carbocycles. The summed E-state index contributed by atoms with van der Waals surface area (Å²) in [5, 5.41) is 19.5. The first kappa shape index (κ1) is 15.4. The van der Waals surface area contributed by atoms with E-state index in [9.17, 15) is 13.5 Å². The van der Waals surface area contributed by atoms with Crippen molar-refractivity contribution in [3.63, 3.8) is 0 Å². The first-order valence-electron chi connectivity index (χ1n) is 7.57. The van der Waals surface area contributed by atoms with Gasteiger partial charge in [-0.05, 0) is 48.3 Å². The molecule has 0 unspecified atom stereocenters. The second-order valence-corrected chi connectivity index (χ2v) is 9.11. The number of H-pyrrole nitrogens is 1. The van der Waals surface area contributed by atoms with Crippen molar-refractivity contribution in [1.29, 1.82) is 0 Å². The smallest absolute Gasteiger partial charge is 0.208 e. The number of halogens is 1. The minimum Gasteiger partial charge on any atom is -0.385 e. The molecule has 0 amide bonds. The quantitative estimate of drug-likeness (QED) is 0.776. The van der Waals surface area contributed by atoms with Gasteiger partial charge in [-0.3, -0.25) is 5.10 Å². The van der Waals surface area contributed by atoms with Crippen LogP contribution in [0.4, 0.5) is 0 Å². The number of aromatic nitrogens is 2. The number of nitrogens with one attached hydrogen (secondary N) is 2. The van der Waals surface area contributed by atoms with Crippen molar-refractivity contribution >= 4 is 32.5 Å². The lowest BCUT2D eigenvalue weighted by molar-refractivity contribution is 0.0277. The van der Waals surface area contributed by atoms with Crippen molar-refractivity contribution in [2.24, 2.45) is 17.8 Å². The van der Waals surface area contributed by atoms with E-state index < -0.39 is 15.6 Å². The summed E-state index contributed by atoms with van der Waals surface area (Å²) in [4.78, 5) is 0. The molecule has 1 aromatic carbocycles. The van der Waals surface area contributed by atoms with Crippen LogP contribution in [0, 0.1) is 17.8 Å². The van der Waals surface area contributed by atoms with Crippen LogP contribution in [0.5, 0.6) is 0 Å². The first-order chi connectivity index (χ1) is 10.8. The molecular weight excluding hydrogens is 338 g/mol. The molecule has 0 saturated heterocycles. The SMILES string of the molecule is CS(=O)(=O)NC[C@H]1[C@H]2C[C@](O)(c3cc(Cl)cc4[nH]ncc34)C[C@@H]12. The van der Waals surface area contributed by atoms with Crippen molar-refractivity contribution in [3.8, 4) is 0 Å². The monoisotopic (exact) mass is 355 g/mol. The number of benzene rings is 1. The van der Waals surface area contributed by atoms with Gasteiger partial charge in [0, 0.05) is 17.0 Å². The van der Waals surface area contributed by atoms with Crippen molar-refractivity contribution in [1.82, 2.24) is 14.9 Å². The van der Waals surface area contributed by atoms with Crippen LogP contribution < -0.4 is 4.72 Å². The zero-order valence-electron chi connectivity index (χ0n) is 12.6. The maximum absolute atomic E-state index is 11.2. The molecule has 3 N–H and O–H groups in total. The zero-order chi connectivity index (χ0) is 16.4. The van der Waals surface area contributed by atoms with E-state index in [1.165, 1.54) is 6.26 Å². The normalized spacial score (nSPS) is 33.1. The maximum atomic E-state index is 11.2. The summed E-state index contributed by atoms with van der Waals surface area (Å²) in [6.07, 6.45) is 4.15. The van der Waals surface area contributed by atoms with Gasteiger partial charge in [-0.25, -0.2) is 13.1 Å². The van der Waals surface area contributed by atoms with Crippen LogP contribution in [0.3, 0.4) is 0 Å². The summed E-state index contributed by atoms with van der Waals surface area (Å²) >= 11 is 6.16. The van der Waals surface area contributed by atoms with Crippen LogP contribution in [-0.4, -0.2) is 36.5 Å². The summed E-state index contributed by atoms with van der Waals surface area (Å²) in [7, 11) is -3.16. The van der Waals surface area contributed by atoms with Gasteiger partial charge in [-0.1, -0.05) is 11.6 Å². The molecule has 1 aromatic heterocycles. The molecule has 23 heavy (non-hydrogen) atoms. The second-order valence-electron chi connectivity index (χ2n) is 6.84. The molecule has 2 fully saturated rings. The fraction of sp³-hybridized carbons (Fsp3) is 0.533. The minimum atomic E-state index is -3.16. The molecule has 4 rings (SSSR count). The van der Waals surface area contributed by atoms with Crippen LogP contribution in [0.15, 0.2) is 18.3 Å². The Morgan fingerprint density at radius 3 is 2.78 bits per heavy atom. The highest BCUT2D eigenvalue weighted by Gasteiger charge is 2.61. The van der Waals surface area contributed by atoms with Crippen molar-refractivity contribution in [2.75, 3.05) is 12.8 Å². The average molecular weight is 356 g/mol. The molecule has 2 aliphatic carbocycles. The van der Waals surface area contributed by atoms with Crippen molar-refractivity contribution < 1.29 is 13.5 Å². The largest absolute Gasteiger partial charge is 0.385 e.